The van der Waals surface area contributed by atoms with Crippen LogP contribution in [0.25, 0.3) is 16.5 Å². The van der Waals surface area contributed by atoms with E-state index in [-0.39, 0.29) is 29.7 Å². The third-order valence-electron chi connectivity index (χ3n) is 5.58. The molecule has 2 N–H and O–H groups in total. The minimum atomic E-state index is -0.309. The average Bonchev–Trinajstić information content (AvgIpc) is 3.11. The summed E-state index contributed by atoms with van der Waals surface area (Å²) < 4.78 is 0. The Labute approximate surface area is 169 Å². The van der Waals surface area contributed by atoms with Crippen LogP contribution in [0.1, 0.15) is 25.1 Å². The summed E-state index contributed by atoms with van der Waals surface area (Å²) in [5, 5.41) is 3.81. The van der Waals surface area contributed by atoms with E-state index in [0.29, 0.717) is 16.7 Å². The van der Waals surface area contributed by atoms with Gasteiger partial charge in [0.25, 0.3) is 11.8 Å². The van der Waals surface area contributed by atoms with E-state index in [9.17, 15) is 14.4 Å². The Bertz CT molecular complexity index is 1150. The summed E-state index contributed by atoms with van der Waals surface area (Å²) in [5.41, 5.74) is 4.09. The van der Waals surface area contributed by atoms with Crippen molar-refractivity contribution in [1.29, 1.82) is 0 Å². The summed E-state index contributed by atoms with van der Waals surface area (Å²) in [6, 6.07) is 7.62. The van der Waals surface area contributed by atoms with Crippen molar-refractivity contribution in [3.8, 4) is 0 Å². The fourth-order valence-corrected chi connectivity index (χ4v) is 4.15. The van der Waals surface area contributed by atoms with Gasteiger partial charge in [-0.2, -0.15) is 0 Å². The number of imide groups is 1. The number of nitrogens with one attached hydrogen (secondary N) is 2. The van der Waals surface area contributed by atoms with Crippen LogP contribution in [0.2, 0.25) is 0 Å². The van der Waals surface area contributed by atoms with Crippen molar-refractivity contribution < 1.29 is 14.4 Å². The van der Waals surface area contributed by atoms with Gasteiger partial charge in [-0.05, 0) is 24.5 Å². The Morgan fingerprint density at radius 2 is 1.83 bits per heavy atom. The monoisotopic (exact) mass is 389 g/mol. The summed E-state index contributed by atoms with van der Waals surface area (Å²) >= 11 is 0. The van der Waals surface area contributed by atoms with Crippen molar-refractivity contribution in [2.75, 3.05) is 7.05 Å². The number of aromatic nitrogens is 1. The molecule has 0 spiro atoms. The molecule has 0 bridgehead atoms. The van der Waals surface area contributed by atoms with E-state index in [4.69, 9.17) is 0 Å². The van der Waals surface area contributed by atoms with Crippen molar-refractivity contribution in [2.24, 2.45) is 5.92 Å². The molecule has 3 amide bonds. The summed E-state index contributed by atoms with van der Waals surface area (Å²) in [4.78, 5) is 42.0. The number of H-pyrrole nitrogens is 1. The summed E-state index contributed by atoms with van der Waals surface area (Å²) in [7, 11) is 1.51. The van der Waals surface area contributed by atoms with Crippen molar-refractivity contribution in [3.63, 3.8) is 0 Å². The maximum absolute atomic E-state index is 13.1. The molecule has 2 heterocycles. The van der Waals surface area contributed by atoms with Crippen molar-refractivity contribution >= 4 is 34.2 Å². The number of hydrogen-bond acceptors (Lipinski definition) is 3. The van der Waals surface area contributed by atoms with Crippen LogP contribution in [-0.4, -0.2) is 40.7 Å². The molecule has 4 rings (SSSR count). The van der Waals surface area contributed by atoms with E-state index in [1.165, 1.54) is 18.9 Å². The highest BCUT2D eigenvalue weighted by molar-refractivity contribution is 6.39. The van der Waals surface area contributed by atoms with Gasteiger partial charge in [0.15, 0.2) is 0 Å². The second-order valence-corrected chi connectivity index (χ2v) is 7.66. The van der Waals surface area contributed by atoms with E-state index in [1.807, 2.05) is 56.3 Å². The Kier molecular flexibility index (Phi) is 4.49. The summed E-state index contributed by atoms with van der Waals surface area (Å²) in [5.74, 6) is -0.727. The molecule has 0 radical (unpaired) electrons. The van der Waals surface area contributed by atoms with Crippen molar-refractivity contribution in [3.05, 3.63) is 64.9 Å². The van der Waals surface area contributed by atoms with Crippen LogP contribution in [0, 0.1) is 12.8 Å². The first-order chi connectivity index (χ1) is 13.8. The van der Waals surface area contributed by atoms with E-state index in [2.05, 4.69) is 10.3 Å². The second kappa shape index (κ2) is 6.88. The molecule has 0 saturated carbocycles. The zero-order valence-corrected chi connectivity index (χ0v) is 16.9. The van der Waals surface area contributed by atoms with Crippen LogP contribution in [0.4, 0.5) is 0 Å². The number of likely N-dealkylation sites (N-methyl/N-ethyl adjacent to an activating group) is 1. The lowest BCUT2D eigenvalue weighted by molar-refractivity contribution is -0.135. The number of aryl methyl sites for hydroxylation is 1. The third kappa shape index (κ3) is 3.01. The summed E-state index contributed by atoms with van der Waals surface area (Å²) in [6.45, 7) is 5.37. The van der Waals surface area contributed by atoms with Gasteiger partial charge in [0.1, 0.15) is 0 Å². The normalized spacial score (nSPS) is 21.9. The molecule has 1 aliphatic carbocycles. The highest BCUT2D eigenvalue weighted by Gasteiger charge is 2.40. The molecule has 6 heteroatoms. The first-order valence-corrected chi connectivity index (χ1v) is 9.61. The number of para-hydroxylation sites is 1. The molecule has 2 aromatic rings. The van der Waals surface area contributed by atoms with Crippen molar-refractivity contribution in [2.45, 2.75) is 26.8 Å². The number of benzene rings is 1. The SMILES string of the molecule is CC(=O)NC1C=CC(C2=C(c3c(C)[nH]c4ccccc34)C(=O)N(C)C2=O)=CC1C. The fraction of sp³-hybridized carbons (Fsp3) is 0.261. The largest absolute Gasteiger partial charge is 0.358 e. The van der Waals surface area contributed by atoms with Crippen LogP contribution in [0.5, 0.6) is 0 Å². The van der Waals surface area contributed by atoms with Gasteiger partial charge in [0, 0.05) is 36.1 Å². The Morgan fingerprint density at radius 3 is 2.52 bits per heavy atom. The van der Waals surface area contributed by atoms with E-state index in [0.717, 1.165) is 22.2 Å². The molecule has 0 saturated heterocycles. The molecular formula is C23H23N3O3. The number of carbonyl (C=O) groups is 3. The van der Waals surface area contributed by atoms with E-state index >= 15 is 0 Å². The second-order valence-electron chi connectivity index (χ2n) is 7.66. The molecule has 6 nitrogen and oxygen atoms in total. The number of allylic oxidation sites excluding steroid dienone is 1. The average molecular weight is 389 g/mol. The van der Waals surface area contributed by atoms with Gasteiger partial charge in [0.2, 0.25) is 5.91 Å². The zero-order valence-electron chi connectivity index (χ0n) is 16.9. The van der Waals surface area contributed by atoms with Gasteiger partial charge in [-0.15, -0.1) is 0 Å². The third-order valence-corrected chi connectivity index (χ3v) is 5.58. The highest BCUT2D eigenvalue weighted by Crippen LogP contribution is 2.39. The molecule has 2 unspecified atom stereocenters. The predicted octanol–water partition coefficient (Wildman–Crippen LogP) is 2.87. The minimum absolute atomic E-state index is 0.00877. The van der Waals surface area contributed by atoms with Gasteiger partial charge in [0.05, 0.1) is 17.2 Å². The van der Waals surface area contributed by atoms with Crippen LogP contribution < -0.4 is 5.32 Å². The molecule has 1 aromatic carbocycles. The number of nitrogens with zero attached hydrogens (tertiary/aromatic N) is 1. The predicted molar refractivity (Wildman–Crippen MR) is 112 cm³/mol. The topological polar surface area (TPSA) is 82.3 Å². The molecule has 2 aliphatic rings. The van der Waals surface area contributed by atoms with Gasteiger partial charge >= 0.3 is 0 Å². The molecule has 1 aromatic heterocycles. The number of aromatic amines is 1. The minimum Gasteiger partial charge on any atom is -0.358 e. The molecule has 2 atom stereocenters. The number of fused-ring (bicyclic) bond motifs is 1. The van der Waals surface area contributed by atoms with Gasteiger partial charge in [-0.1, -0.05) is 43.4 Å². The van der Waals surface area contributed by atoms with Crippen LogP contribution in [0.3, 0.4) is 0 Å². The lowest BCUT2D eigenvalue weighted by Gasteiger charge is -2.24. The van der Waals surface area contributed by atoms with E-state index in [1.54, 1.807) is 0 Å². The van der Waals surface area contributed by atoms with Crippen molar-refractivity contribution in [1.82, 2.24) is 15.2 Å². The highest BCUT2D eigenvalue weighted by atomic mass is 16.2. The lowest BCUT2D eigenvalue weighted by Crippen LogP contribution is -2.37. The van der Waals surface area contributed by atoms with E-state index < -0.39 is 0 Å². The first kappa shape index (κ1) is 18.9. The quantitative estimate of drug-likeness (QED) is 0.792. The Hall–Kier alpha value is -3.41. The molecule has 29 heavy (non-hydrogen) atoms. The first-order valence-electron chi connectivity index (χ1n) is 9.61. The van der Waals surface area contributed by atoms with Gasteiger partial charge in [-0.3, -0.25) is 19.3 Å². The maximum Gasteiger partial charge on any atom is 0.262 e. The van der Waals surface area contributed by atoms with Crippen LogP contribution in [0.15, 0.2) is 53.6 Å². The molecule has 0 fully saturated rings. The smallest absolute Gasteiger partial charge is 0.262 e. The Balaban J connectivity index is 1.89. The standard InChI is InChI=1S/C23H23N3O3/c1-12-11-15(9-10-17(12)25-14(3)27)20-21(23(29)26(4)22(20)28)19-13(2)24-18-8-6-5-7-16(18)19/h5-12,17,24H,1-4H3,(H,25,27). The molecule has 1 aliphatic heterocycles. The lowest BCUT2D eigenvalue weighted by atomic mass is 9.87. The molecule has 148 valence electrons. The number of hydrogen-bond donors (Lipinski definition) is 2. The number of amides is 3. The van der Waals surface area contributed by atoms with Gasteiger partial charge in [-0.25, -0.2) is 0 Å². The zero-order chi connectivity index (χ0) is 20.9. The van der Waals surface area contributed by atoms with Crippen LogP contribution >= 0.6 is 0 Å². The summed E-state index contributed by atoms with van der Waals surface area (Å²) in [6.07, 6.45) is 5.65. The number of carbonyl (C=O) groups excluding carboxylic acids is 3. The molecular weight excluding hydrogens is 366 g/mol. The maximum atomic E-state index is 13.1. The van der Waals surface area contributed by atoms with Crippen LogP contribution in [-0.2, 0) is 14.4 Å². The Morgan fingerprint density at radius 1 is 1.14 bits per heavy atom. The fourth-order valence-electron chi connectivity index (χ4n) is 4.15. The van der Waals surface area contributed by atoms with Gasteiger partial charge < -0.3 is 10.3 Å². The number of rotatable bonds is 3.